The summed E-state index contributed by atoms with van der Waals surface area (Å²) >= 11 is 0. The first-order valence-corrected chi connectivity index (χ1v) is 9.35. The van der Waals surface area contributed by atoms with Crippen LogP contribution in [-0.2, 0) is 20.9 Å². The zero-order valence-corrected chi connectivity index (χ0v) is 16.2. The summed E-state index contributed by atoms with van der Waals surface area (Å²) in [6.45, 7) is 0.524. The number of esters is 1. The molecule has 7 nitrogen and oxygen atoms in total. The maximum atomic E-state index is 12.8. The van der Waals surface area contributed by atoms with Crippen molar-refractivity contribution in [1.29, 1.82) is 0 Å². The van der Waals surface area contributed by atoms with Gasteiger partial charge in [0.05, 0.1) is 24.7 Å². The van der Waals surface area contributed by atoms with Crippen LogP contribution in [0.25, 0.3) is 0 Å². The van der Waals surface area contributed by atoms with E-state index in [0.717, 1.165) is 10.5 Å². The molecule has 2 aromatic carbocycles. The van der Waals surface area contributed by atoms with Crippen molar-refractivity contribution in [2.24, 2.45) is 0 Å². The van der Waals surface area contributed by atoms with Crippen LogP contribution in [0.2, 0.25) is 0 Å². The number of methoxy groups -OCH3 is 1. The molecule has 7 heteroatoms. The molecule has 0 spiro atoms. The SMILES string of the molecule is COC(=O)CCN(Cc1ccccc1)C(=O)CCN1C(=O)c2ccccc2C1=O. The Bertz CT molecular complexity index is 891. The lowest BCUT2D eigenvalue weighted by Gasteiger charge is -2.23. The van der Waals surface area contributed by atoms with Crippen molar-refractivity contribution in [3.05, 3.63) is 71.3 Å². The van der Waals surface area contributed by atoms with Crippen molar-refractivity contribution in [1.82, 2.24) is 9.80 Å². The average molecular weight is 394 g/mol. The summed E-state index contributed by atoms with van der Waals surface area (Å²) in [7, 11) is 1.30. The molecular formula is C22H22N2O5. The van der Waals surface area contributed by atoms with Crippen LogP contribution in [0.15, 0.2) is 54.6 Å². The lowest BCUT2D eigenvalue weighted by Crippen LogP contribution is -2.37. The molecule has 0 atom stereocenters. The quantitative estimate of drug-likeness (QED) is 0.507. The lowest BCUT2D eigenvalue weighted by molar-refractivity contribution is -0.142. The first kappa shape index (κ1) is 20.3. The third-order valence-corrected chi connectivity index (χ3v) is 4.81. The number of benzene rings is 2. The maximum absolute atomic E-state index is 12.8. The minimum Gasteiger partial charge on any atom is -0.469 e. The van der Waals surface area contributed by atoms with E-state index >= 15 is 0 Å². The summed E-state index contributed by atoms with van der Waals surface area (Å²) in [5.41, 5.74) is 1.64. The zero-order valence-electron chi connectivity index (χ0n) is 16.2. The molecule has 0 saturated heterocycles. The summed E-state index contributed by atoms with van der Waals surface area (Å²) in [5.74, 6) is -1.42. The van der Waals surface area contributed by atoms with Crippen LogP contribution in [0.3, 0.4) is 0 Å². The minimum absolute atomic E-state index is 0.00526. The number of fused-ring (bicyclic) bond motifs is 1. The van der Waals surface area contributed by atoms with Gasteiger partial charge in [-0.3, -0.25) is 24.1 Å². The van der Waals surface area contributed by atoms with Gasteiger partial charge < -0.3 is 9.64 Å². The van der Waals surface area contributed by atoms with E-state index < -0.39 is 5.97 Å². The van der Waals surface area contributed by atoms with Crippen LogP contribution in [0.4, 0.5) is 0 Å². The number of hydrogen-bond acceptors (Lipinski definition) is 5. The highest BCUT2D eigenvalue weighted by molar-refractivity contribution is 6.21. The summed E-state index contributed by atoms with van der Waals surface area (Å²) < 4.78 is 4.66. The van der Waals surface area contributed by atoms with Crippen LogP contribution in [0.5, 0.6) is 0 Å². The molecule has 150 valence electrons. The van der Waals surface area contributed by atoms with Crippen molar-refractivity contribution < 1.29 is 23.9 Å². The number of carbonyl (C=O) groups is 4. The number of rotatable bonds is 8. The van der Waals surface area contributed by atoms with E-state index in [1.807, 2.05) is 30.3 Å². The van der Waals surface area contributed by atoms with E-state index in [9.17, 15) is 19.2 Å². The Morgan fingerprint density at radius 2 is 1.48 bits per heavy atom. The van der Waals surface area contributed by atoms with Crippen molar-refractivity contribution in [3.63, 3.8) is 0 Å². The Labute approximate surface area is 168 Å². The number of ether oxygens (including phenoxy) is 1. The second kappa shape index (κ2) is 9.14. The molecule has 1 aliphatic rings. The van der Waals surface area contributed by atoms with E-state index in [1.165, 1.54) is 7.11 Å². The molecule has 0 unspecified atom stereocenters. The summed E-state index contributed by atoms with van der Waals surface area (Å²) in [6.07, 6.45) is 0.0571. The van der Waals surface area contributed by atoms with E-state index in [1.54, 1.807) is 29.2 Å². The van der Waals surface area contributed by atoms with Crippen LogP contribution in [-0.4, -0.2) is 53.7 Å². The number of imide groups is 1. The smallest absolute Gasteiger partial charge is 0.307 e. The molecule has 0 radical (unpaired) electrons. The molecule has 0 aliphatic carbocycles. The Balaban J connectivity index is 1.65. The molecule has 0 saturated carbocycles. The van der Waals surface area contributed by atoms with Crippen LogP contribution in [0, 0.1) is 0 Å². The second-order valence-corrected chi connectivity index (χ2v) is 6.68. The zero-order chi connectivity index (χ0) is 20.8. The normalized spacial score (nSPS) is 12.7. The highest BCUT2D eigenvalue weighted by Crippen LogP contribution is 2.22. The highest BCUT2D eigenvalue weighted by atomic mass is 16.5. The Hall–Kier alpha value is -3.48. The third kappa shape index (κ3) is 4.68. The summed E-state index contributed by atoms with van der Waals surface area (Å²) in [4.78, 5) is 51.9. The fourth-order valence-corrected chi connectivity index (χ4v) is 3.23. The van der Waals surface area contributed by atoms with Gasteiger partial charge in [-0.25, -0.2) is 0 Å². The average Bonchev–Trinajstić information content (AvgIpc) is 3.00. The molecule has 0 aromatic heterocycles. The molecule has 1 aliphatic heterocycles. The van der Waals surface area contributed by atoms with E-state index in [0.29, 0.717) is 17.7 Å². The van der Waals surface area contributed by atoms with Crippen molar-refractivity contribution in [3.8, 4) is 0 Å². The van der Waals surface area contributed by atoms with Gasteiger partial charge in [0, 0.05) is 26.1 Å². The minimum atomic E-state index is -0.406. The van der Waals surface area contributed by atoms with Gasteiger partial charge in [-0.05, 0) is 17.7 Å². The monoisotopic (exact) mass is 394 g/mol. The molecule has 0 fully saturated rings. The molecule has 2 aromatic rings. The number of carbonyl (C=O) groups excluding carboxylic acids is 4. The van der Waals surface area contributed by atoms with Crippen LogP contribution >= 0.6 is 0 Å². The maximum Gasteiger partial charge on any atom is 0.307 e. The topological polar surface area (TPSA) is 84.0 Å². The van der Waals surface area contributed by atoms with E-state index in [4.69, 9.17) is 0 Å². The molecule has 0 N–H and O–H groups in total. The predicted molar refractivity (Wildman–Crippen MR) is 105 cm³/mol. The van der Waals surface area contributed by atoms with Gasteiger partial charge in [0.2, 0.25) is 5.91 Å². The van der Waals surface area contributed by atoms with Gasteiger partial charge in [-0.1, -0.05) is 42.5 Å². The predicted octanol–water partition coefficient (Wildman–Crippen LogP) is 2.26. The van der Waals surface area contributed by atoms with Crippen molar-refractivity contribution in [2.45, 2.75) is 19.4 Å². The molecular weight excluding hydrogens is 372 g/mol. The largest absolute Gasteiger partial charge is 0.469 e. The third-order valence-electron chi connectivity index (χ3n) is 4.81. The Morgan fingerprint density at radius 1 is 0.897 bits per heavy atom. The Kier molecular flexibility index (Phi) is 6.39. The van der Waals surface area contributed by atoms with Gasteiger partial charge in [-0.2, -0.15) is 0 Å². The second-order valence-electron chi connectivity index (χ2n) is 6.68. The summed E-state index contributed by atoms with van der Waals surface area (Å²) in [6, 6.07) is 16.0. The number of amides is 3. The van der Waals surface area contributed by atoms with Gasteiger partial charge in [-0.15, -0.1) is 0 Å². The van der Waals surface area contributed by atoms with Crippen LogP contribution in [0.1, 0.15) is 39.1 Å². The molecule has 3 amide bonds. The van der Waals surface area contributed by atoms with Crippen LogP contribution < -0.4 is 0 Å². The first-order valence-electron chi connectivity index (χ1n) is 9.35. The lowest BCUT2D eigenvalue weighted by atomic mass is 10.1. The fourth-order valence-electron chi connectivity index (χ4n) is 3.23. The van der Waals surface area contributed by atoms with Gasteiger partial charge in [0.15, 0.2) is 0 Å². The van der Waals surface area contributed by atoms with E-state index in [-0.39, 0.29) is 43.7 Å². The Morgan fingerprint density at radius 3 is 2.07 bits per heavy atom. The molecule has 3 rings (SSSR count). The highest BCUT2D eigenvalue weighted by Gasteiger charge is 2.35. The van der Waals surface area contributed by atoms with Crippen molar-refractivity contribution >= 4 is 23.7 Å². The molecule has 0 bridgehead atoms. The van der Waals surface area contributed by atoms with E-state index in [2.05, 4.69) is 4.74 Å². The van der Waals surface area contributed by atoms with Gasteiger partial charge in [0.1, 0.15) is 0 Å². The van der Waals surface area contributed by atoms with Gasteiger partial charge in [0.25, 0.3) is 11.8 Å². The number of hydrogen-bond donors (Lipinski definition) is 0. The molecule has 1 heterocycles. The standard InChI is InChI=1S/C22H22N2O5/c1-29-20(26)12-13-23(15-16-7-3-2-4-8-16)19(25)11-14-24-21(27)17-9-5-6-10-18(17)22(24)28/h2-10H,11-15H2,1H3. The van der Waals surface area contributed by atoms with Crippen molar-refractivity contribution in [2.75, 3.05) is 20.2 Å². The first-order chi connectivity index (χ1) is 14.0. The number of nitrogens with zero attached hydrogens (tertiary/aromatic N) is 2. The summed E-state index contributed by atoms with van der Waals surface area (Å²) in [5, 5.41) is 0. The molecule has 29 heavy (non-hydrogen) atoms. The fraction of sp³-hybridized carbons (Fsp3) is 0.273. The van der Waals surface area contributed by atoms with Gasteiger partial charge >= 0.3 is 5.97 Å².